The number of ether oxygens (including phenoxy) is 2. The fourth-order valence-electron chi connectivity index (χ4n) is 3.11. The summed E-state index contributed by atoms with van der Waals surface area (Å²) in [5.41, 5.74) is 0.326. The number of phenolic OH excluding ortho intramolecular Hbond substituents is 1. The van der Waals surface area contributed by atoms with Gasteiger partial charge in [-0.15, -0.1) is 0 Å². The van der Waals surface area contributed by atoms with Crippen molar-refractivity contribution in [3.63, 3.8) is 0 Å². The molecule has 0 aromatic heterocycles. The number of hydrogen-bond acceptors (Lipinski definition) is 5. The lowest BCUT2D eigenvalue weighted by Gasteiger charge is -2.37. The molecule has 134 valence electrons. The monoisotopic (exact) mass is 336 g/mol. The molecule has 1 aliphatic heterocycles. The third kappa shape index (κ3) is 4.61. The second kappa shape index (κ2) is 8.89. The van der Waals surface area contributed by atoms with Crippen molar-refractivity contribution in [2.24, 2.45) is 0 Å². The third-order valence-corrected chi connectivity index (χ3v) is 4.57. The zero-order chi connectivity index (χ0) is 17.5. The zero-order valence-electron chi connectivity index (χ0n) is 14.8. The largest absolute Gasteiger partial charge is 0.507 e. The number of piperidine rings is 1. The van der Waals surface area contributed by atoms with Crippen molar-refractivity contribution in [3.05, 3.63) is 23.8 Å². The highest BCUT2D eigenvalue weighted by Crippen LogP contribution is 2.27. The number of rotatable bonds is 7. The Kier molecular flexibility index (Phi) is 6.87. The smallest absolute Gasteiger partial charge is 0.257 e. The molecular formula is C18H28N2O4. The third-order valence-electron chi connectivity index (χ3n) is 4.57. The fourth-order valence-corrected chi connectivity index (χ4v) is 3.11. The number of amides is 1. The number of likely N-dealkylation sites (tertiary alicyclic amines) is 1. The number of hydrogen-bond donors (Lipinski definition) is 1. The molecule has 0 atom stereocenters. The summed E-state index contributed by atoms with van der Waals surface area (Å²) in [5.74, 6) is 0.374. The van der Waals surface area contributed by atoms with Gasteiger partial charge in [-0.2, -0.15) is 0 Å². The molecule has 6 heteroatoms. The van der Waals surface area contributed by atoms with Gasteiger partial charge in [0.1, 0.15) is 11.5 Å². The van der Waals surface area contributed by atoms with Crippen LogP contribution in [0.5, 0.6) is 11.5 Å². The first-order valence-electron chi connectivity index (χ1n) is 8.42. The van der Waals surface area contributed by atoms with Crippen molar-refractivity contribution in [2.45, 2.75) is 25.3 Å². The van der Waals surface area contributed by atoms with Crippen molar-refractivity contribution in [3.8, 4) is 11.5 Å². The van der Waals surface area contributed by atoms with Crippen LogP contribution in [0.25, 0.3) is 0 Å². The van der Waals surface area contributed by atoms with Gasteiger partial charge in [0, 0.05) is 32.4 Å². The molecule has 1 heterocycles. The maximum Gasteiger partial charge on any atom is 0.257 e. The van der Waals surface area contributed by atoms with Gasteiger partial charge in [0.2, 0.25) is 0 Å². The maximum absolute atomic E-state index is 13.0. The molecule has 0 bridgehead atoms. The topological polar surface area (TPSA) is 62.2 Å². The van der Waals surface area contributed by atoms with Gasteiger partial charge in [-0.25, -0.2) is 0 Å². The highest BCUT2D eigenvalue weighted by molar-refractivity contribution is 5.97. The van der Waals surface area contributed by atoms with E-state index in [1.807, 2.05) is 4.90 Å². The lowest BCUT2D eigenvalue weighted by atomic mass is 10.0. The summed E-state index contributed by atoms with van der Waals surface area (Å²) >= 11 is 0. The van der Waals surface area contributed by atoms with Crippen molar-refractivity contribution in [2.75, 3.05) is 47.5 Å². The molecule has 1 aromatic rings. The summed E-state index contributed by atoms with van der Waals surface area (Å²) in [5, 5.41) is 10.2. The van der Waals surface area contributed by atoms with Crippen LogP contribution >= 0.6 is 0 Å². The minimum atomic E-state index is -0.124. The highest BCUT2D eigenvalue weighted by Gasteiger charge is 2.28. The quantitative estimate of drug-likeness (QED) is 0.772. The minimum absolute atomic E-state index is 0.0379. The lowest BCUT2D eigenvalue weighted by molar-refractivity contribution is 0.0561. The van der Waals surface area contributed by atoms with Crippen LogP contribution in [0.4, 0.5) is 0 Å². The molecule has 1 saturated heterocycles. The Morgan fingerprint density at radius 1 is 1.33 bits per heavy atom. The first kappa shape index (κ1) is 18.5. The molecule has 0 radical (unpaired) electrons. The predicted octanol–water partition coefficient (Wildman–Crippen LogP) is 1.97. The maximum atomic E-state index is 13.0. The Labute approximate surface area is 144 Å². The SMILES string of the molecule is COCCCN(C(=O)c1ccc(OC)cc1O)C1CCN(C)CC1. The Morgan fingerprint density at radius 2 is 2.04 bits per heavy atom. The van der Waals surface area contributed by atoms with E-state index in [1.54, 1.807) is 19.2 Å². The molecule has 0 aliphatic carbocycles. The number of methoxy groups -OCH3 is 2. The fraction of sp³-hybridized carbons (Fsp3) is 0.611. The number of carbonyl (C=O) groups excluding carboxylic acids is 1. The highest BCUT2D eigenvalue weighted by atomic mass is 16.5. The Balaban J connectivity index is 2.16. The van der Waals surface area contributed by atoms with Gasteiger partial charge in [-0.05, 0) is 51.5 Å². The van der Waals surface area contributed by atoms with Crippen LogP contribution in [0.2, 0.25) is 0 Å². The van der Waals surface area contributed by atoms with Crippen molar-refractivity contribution in [1.82, 2.24) is 9.80 Å². The first-order chi connectivity index (χ1) is 11.6. The summed E-state index contributed by atoms with van der Waals surface area (Å²) in [6.07, 6.45) is 2.68. The summed E-state index contributed by atoms with van der Waals surface area (Å²) in [4.78, 5) is 17.2. The molecule has 1 amide bonds. The number of aromatic hydroxyl groups is 1. The minimum Gasteiger partial charge on any atom is -0.507 e. The van der Waals surface area contributed by atoms with Gasteiger partial charge < -0.3 is 24.4 Å². The van der Waals surface area contributed by atoms with Gasteiger partial charge in [0.25, 0.3) is 5.91 Å². The molecule has 1 aliphatic rings. The van der Waals surface area contributed by atoms with Crippen LogP contribution in [0, 0.1) is 0 Å². The first-order valence-corrected chi connectivity index (χ1v) is 8.42. The summed E-state index contributed by atoms with van der Waals surface area (Å²) in [6.45, 7) is 3.21. The van der Waals surface area contributed by atoms with E-state index in [0.717, 1.165) is 32.4 Å². The average molecular weight is 336 g/mol. The molecule has 6 nitrogen and oxygen atoms in total. The summed E-state index contributed by atoms with van der Waals surface area (Å²) in [7, 11) is 5.30. The molecular weight excluding hydrogens is 308 g/mol. The van der Waals surface area contributed by atoms with Crippen LogP contribution in [0.1, 0.15) is 29.6 Å². The second-order valence-electron chi connectivity index (χ2n) is 6.26. The van der Waals surface area contributed by atoms with Crippen LogP contribution in [0.15, 0.2) is 18.2 Å². The molecule has 24 heavy (non-hydrogen) atoms. The molecule has 0 spiro atoms. The van der Waals surface area contributed by atoms with Crippen molar-refractivity contribution in [1.29, 1.82) is 0 Å². The van der Waals surface area contributed by atoms with E-state index in [4.69, 9.17) is 9.47 Å². The molecule has 1 aromatic carbocycles. The van der Waals surface area contributed by atoms with E-state index in [1.165, 1.54) is 13.2 Å². The number of nitrogens with zero attached hydrogens (tertiary/aromatic N) is 2. The molecule has 0 unspecified atom stereocenters. The van der Waals surface area contributed by atoms with Gasteiger partial charge >= 0.3 is 0 Å². The van der Waals surface area contributed by atoms with Crippen LogP contribution in [-0.2, 0) is 4.74 Å². The van der Waals surface area contributed by atoms with Crippen LogP contribution in [-0.4, -0.2) is 74.4 Å². The molecule has 1 fully saturated rings. The second-order valence-corrected chi connectivity index (χ2v) is 6.26. The van der Waals surface area contributed by atoms with E-state index in [9.17, 15) is 9.90 Å². The van der Waals surface area contributed by atoms with E-state index in [0.29, 0.717) is 24.5 Å². The average Bonchev–Trinajstić information content (AvgIpc) is 2.59. The van der Waals surface area contributed by atoms with E-state index < -0.39 is 0 Å². The summed E-state index contributed by atoms with van der Waals surface area (Å²) < 4.78 is 10.2. The van der Waals surface area contributed by atoms with E-state index in [2.05, 4.69) is 11.9 Å². The Bertz CT molecular complexity index is 542. The molecule has 1 N–H and O–H groups in total. The van der Waals surface area contributed by atoms with Gasteiger partial charge in [-0.3, -0.25) is 4.79 Å². The lowest BCUT2D eigenvalue weighted by Crippen LogP contribution is -2.47. The number of phenols is 1. The van der Waals surface area contributed by atoms with Crippen molar-refractivity contribution >= 4 is 5.91 Å². The van der Waals surface area contributed by atoms with Gasteiger partial charge in [0.15, 0.2) is 0 Å². The van der Waals surface area contributed by atoms with Crippen LogP contribution < -0.4 is 4.74 Å². The predicted molar refractivity (Wildman–Crippen MR) is 92.7 cm³/mol. The normalized spacial score (nSPS) is 16.1. The van der Waals surface area contributed by atoms with E-state index >= 15 is 0 Å². The zero-order valence-corrected chi connectivity index (χ0v) is 14.8. The van der Waals surface area contributed by atoms with Crippen molar-refractivity contribution < 1.29 is 19.4 Å². The van der Waals surface area contributed by atoms with Gasteiger partial charge in [-0.1, -0.05) is 0 Å². The number of benzene rings is 1. The Hall–Kier alpha value is -1.79. The molecule has 0 saturated carbocycles. The Morgan fingerprint density at radius 3 is 2.62 bits per heavy atom. The van der Waals surface area contributed by atoms with Gasteiger partial charge in [0.05, 0.1) is 12.7 Å². The standard InChI is InChI=1S/C18H28N2O4/c1-19-10-7-14(8-11-19)20(9-4-12-23-2)18(22)16-6-5-15(24-3)13-17(16)21/h5-6,13-14,21H,4,7-12H2,1-3H3. The number of carbonyl (C=O) groups is 1. The molecule has 2 rings (SSSR count). The van der Waals surface area contributed by atoms with E-state index in [-0.39, 0.29) is 17.7 Å². The van der Waals surface area contributed by atoms with Crippen LogP contribution in [0.3, 0.4) is 0 Å². The summed E-state index contributed by atoms with van der Waals surface area (Å²) in [6, 6.07) is 5.02.